The summed E-state index contributed by atoms with van der Waals surface area (Å²) < 4.78 is 43.2. The van der Waals surface area contributed by atoms with Crippen LogP contribution in [0.15, 0.2) is 0 Å². The van der Waals surface area contributed by atoms with Crippen LogP contribution in [0.2, 0.25) is 0 Å². The van der Waals surface area contributed by atoms with E-state index < -0.39 is 18.0 Å². The van der Waals surface area contributed by atoms with E-state index in [9.17, 15) is 13.2 Å². The lowest BCUT2D eigenvalue weighted by Gasteiger charge is -2.20. The lowest BCUT2D eigenvalue weighted by molar-refractivity contribution is -0.184. The fourth-order valence-electron chi connectivity index (χ4n) is 2.09. The maximum atomic E-state index is 12.7. The molecule has 0 spiro atoms. The SMILES string of the molecule is CCOC[C@@H]1CN(CCO)C[C@@H]1C(F)(F)F. The van der Waals surface area contributed by atoms with Crippen molar-refractivity contribution in [2.75, 3.05) is 39.5 Å². The zero-order valence-electron chi connectivity index (χ0n) is 9.33. The summed E-state index contributed by atoms with van der Waals surface area (Å²) in [5.74, 6) is -1.84. The highest BCUT2D eigenvalue weighted by Crippen LogP contribution is 2.37. The van der Waals surface area contributed by atoms with Gasteiger partial charge in [-0.25, -0.2) is 0 Å². The molecule has 0 aliphatic carbocycles. The lowest BCUT2D eigenvalue weighted by atomic mass is 9.96. The third kappa shape index (κ3) is 3.61. The molecule has 1 rings (SSSR count). The van der Waals surface area contributed by atoms with Gasteiger partial charge in [-0.15, -0.1) is 0 Å². The second kappa shape index (κ2) is 5.84. The highest BCUT2D eigenvalue weighted by atomic mass is 19.4. The summed E-state index contributed by atoms with van der Waals surface area (Å²) in [5, 5.41) is 8.72. The number of aliphatic hydroxyl groups excluding tert-OH is 1. The van der Waals surface area contributed by atoms with Crippen molar-refractivity contribution in [3.63, 3.8) is 0 Å². The Morgan fingerprint density at radius 1 is 1.38 bits per heavy atom. The molecule has 3 nitrogen and oxygen atoms in total. The van der Waals surface area contributed by atoms with Gasteiger partial charge in [0.2, 0.25) is 0 Å². The summed E-state index contributed by atoms with van der Waals surface area (Å²) in [6.45, 7) is 2.86. The second-order valence-corrected chi connectivity index (χ2v) is 4.05. The van der Waals surface area contributed by atoms with Crippen LogP contribution in [0.3, 0.4) is 0 Å². The first-order valence-electron chi connectivity index (χ1n) is 5.46. The Labute approximate surface area is 93.2 Å². The molecule has 1 aliphatic heterocycles. The summed E-state index contributed by atoms with van der Waals surface area (Å²) >= 11 is 0. The molecule has 0 saturated carbocycles. The van der Waals surface area contributed by atoms with Crippen molar-refractivity contribution in [2.45, 2.75) is 13.1 Å². The smallest absolute Gasteiger partial charge is 0.393 e. The average Bonchev–Trinajstić information content (AvgIpc) is 2.58. The third-order valence-electron chi connectivity index (χ3n) is 2.89. The van der Waals surface area contributed by atoms with Gasteiger partial charge in [0, 0.05) is 32.2 Å². The standard InChI is InChI=1S/C10H18F3NO2/c1-2-16-7-8-5-14(3-4-15)6-9(8)10(11,12)13/h8-9,15H,2-7H2,1H3/t8-,9-/m0/s1. The molecule has 1 heterocycles. The van der Waals surface area contributed by atoms with E-state index in [1.165, 1.54) is 0 Å². The number of rotatable bonds is 5. The predicted molar refractivity (Wildman–Crippen MR) is 53.1 cm³/mol. The summed E-state index contributed by atoms with van der Waals surface area (Å²) in [7, 11) is 0. The van der Waals surface area contributed by atoms with Crippen LogP contribution in [0.1, 0.15) is 6.92 Å². The normalized spacial score (nSPS) is 27.6. The first-order chi connectivity index (χ1) is 7.49. The molecule has 1 aliphatic rings. The van der Waals surface area contributed by atoms with Crippen molar-refractivity contribution in [1.29, 1.82) is 0 Å². The Bertz CT molecular complexity index is 211. The fourth-order valence-corrected chi connectivity index (χ4v) is 2.09. The Morgan fingerprint density at radius 2 is 2.06 bits per heavy atom. The first kappa shape index (κ1) is 13.7. The molecule has 96 valence electrons. The number of nitrogens with zero attached hydrogens (tertiary/aromatic N) is 1. The molecule has 6 heteroatoms. The van der Waals surface area contributed by atoms with Crippen LogP contribution in [-0.4, -0.2) is 55.6 Å². The van der Waals surface area contributed by atoms with Gasteiger partial charge in [-0.3, -0.25) is 0 Å². The van der Waals surface area contributed by atoms with Gasteiger partial charge in [0.15, 0.2) is 0 Å². The Balaban J connectivity index is 2.56. The van der Waals surface area contributed by atoms with Crippen molar-refractivity contribution >= 4 is 0 Å². The summed E-state index contributed by atoms with van der Waals surface area (Å²) in [6.07, 6.45) is -4.17. The molecular weight excluding hydrogens is 223 g/mol. The summed E-state index contributed by atoms with van der Waals surface area (Å²) in [6, 6.07) is 0. The number of hydrogen-bond acceptors (Lipinski definition) is 3. The maximum Gasteiger partial charge on any atom is 0.393 e. The predicted octanol–water partition coefficient (Wildman–Crippen LogP) is 1.13. The van der Waals surface area contributed by atoms with Crippen molar-refractivity contribution in [2.24, 2.45) is 11.8 Å². The number of halogens is 3. The van der Waals surface area contributed by atoms with Crippen LogP contribution in [-0.2, 0) is 4.74 Å². The van der Waals surface area contributed by atoms with E-state index in [2.05, 4.69) is 0 Å². The average molecular weight is 241 g/mol. The zero-order valence-corrected chi connectivity index (χ0v) is 9.33. The molecule has 1 N–H and O–H groups in total. The van der Waals surface area contributed by atoms with E-state index >= 15 is 0 Å². The lowest BCUT2D eigenvalue weighted by Crippen LogP contribution is -2.32. The van der Waals surface area contributed by atoms with Gasteiger partial charge in [0.05, 0.1) is 19.1 Å². The second-order valence-electron chi connectivity index (χ2n) is 4.05. The van der Waals surface area contributed by atoms with Gasteiger partial charge in [0.1, 0.15) is 0 Å². The van der Waals surface area contributed by atoms with Crippen molar-refractivity contribution < 1.29 is 23.0 Å². The first-order valence-corrected chi connectivity index (χ1v) is 5.46. The van der Waals surface area contributed by atoms with Gasteiger partial charge in [0.25, 0.3) is 0 Å². The molecule has 1 saturated heterocycles. The molecule has 0 bridgehead atoms. The van der Waals surface area contributed by atoms with Gasteiger partial charge in [-0.05, 0) is 6.92 Å². The molecule has 1 fully saturated rings. The number of alkyl halides is 3. The summed E-state index contributed by atoms with van der Waals surface area (Å²) in [5.41, 5.74) is 0. The third-order valence-corrected chi connectivity index (χ3v) is 2.89. The van der Waals surface area contributed by atoms with Crippen molar-refractivity contribution in [3.8, 4) is 0 Å². The molecule has 2 atom stereocenters. The van der Waals surface area contributed by atoms with Gasteiger partial charge in [-0.1, -0.05) is 0 Å². The minimum Gasteiger partial charge on any atom is -0.395 e. The Hall–Kier alpha value is -0.330. The highest BCUT2D eigenvalue weighted by molar-refractivity contribution is 4.88. The quantitative estimate of drug-likeness (QED) is 0.783. The Morgan fingerprint density at radius 3 is 2.56 bits per heavy atom. The Kier molecular flexibility index (Phi) is 5.01. The molecule has 0 aromatic carbocycles. The number of hydrogen-bond donors (Lipinski definition) is 1. The van der Waals surface area contributed by atoms with E-state index in [1.54, 1.807) is 11.8 Å². The minimum absolute atomic E-state index is 0.0260. The monoisotopic (exact) mass is 241 g/mol. The number of β-amino-alcohol motifs (C(OH)–C–C–N with tert-alkyl or cyclic N) is 1. The van der Waals surface area contributed by atoms with E-state index in [1.807, 2.05) is 0 Å². The molecule has 0 aromatic heterocycles. The van der Waals surface area contributed by atoms with Gasteiger partial charge >= 0.3 is 6.18 Å². The van der Waals surface area contributed by atoms with Crippen molar-refractivity contribution in [3.05, 3.63) is 0 Å². The highest BCUT2D eigenvalue weighted by Gasteiger charge is 2.49. The molecule has 0 aromatic rings. The molecule has 16 heavy (non-hydrogen) atoms. The van der Waals surface area contributed by atoms with Crippen LogP contribution >= 0.6 is 0 Å². The maximum absolute atomic E-state index is 12.7. The number of aliphatic hydroxyl groups is 1. The van der Waals surface area contributed by atoms with E-state index in [4.69, 9.17) is 9.84 Å². The van der Waals surface area contributed by atoms with Gasteiger partial charge < -0.3 is 14.7 Å². The van der Waals surface area contributed by atoms with E-state index in [0.717, 1.165) is 0 Å². The van der Waals surface area contributed by atoms with E-state index in [0.29, 0.717) is 19.7 Å². The topological polar surface area (TPSA) is 32.7 Å². The molecule has 0 radical (unpaired) electrons. The fraction of sp³-hybridized carbons (Fsp3) is 1.00. The van der Waals surface area contributed by atoms with Crippen molar-refractivity contribution in [1.82, 2.24) is 4.90 Å². The minimum atomic E-state index is -4.17. The number of ether oxygens (including phenoxy) is 1. The van der Waals surface area contributed by atoms with Crippen LogP contribution in [0.5, 0.6) is 0 Å². The van der Waals surface area contributed by atoms with Crippen LogP contribution < -0.4 is 0 Å². The van der Waals surface area contributed by atoms with Crippen LogP contribution in [0, 0.1) is 11.8 Å². The van der Waals surface area contributed by atoms with Gasteiger partial charge in [-0.2, -0.15) is 13.2 Å². The molecule has 0 amide bonds. The zero-order chi connectivity index (χ0) is 12.2. The largest absolute Gasteiger partial charge is 0.395 e. The molecular formula is C10H18F3NO2. The van der Waals surface area contributed by atoms with Crippen LogP contribution in [0.25, 0.3) is 0 Å². The van der Waals surface area contributed by atoms with Crippen LogP contribution in [0.4, 0.5) is 13.2 Å². The summed E-state index contributed by atoms with van der Waals surface area (Å²) in [4.78, 5) is 1.64. The number of likely N-dealkylation sites (tertiary alicyclic amines) is 1. The van der Waals surface area contributed by atoms with E-state index in [-0.39, 0.29) is 19.8 Å². The molecule has 0 unspecified atom stereocenters.